The van der Waals surface area contributed by atoms with Gasteiger partial charge in [-0.15, -0.1) is 0 Å². The molecule has 0 unspecified atom stereocenters. The van der Waals surface area contributed by atoms with E-state index >= 15 is 0 Å². The molecule has 0 atom stereocenters. The van der Waals surface area contributed by atoms with E-state index in [4.69, 9.17) is 0 Å². The van der Waals surface area contributed by atoms with Crippen LogP contribution in [0.2, 0.25) is 0 Å². The van der Waals surface area contributed by atoms with Gasteiger partial charge in [-0.1, -0.05) is 0 Å². The maximum Gasteiger partial charge on any atom is 0.249 e. The van der Waals surface area contributed by atoms with Gasteiger partial charge >= 0.3 is 0 Å². The van der Waals surface area contributed by atoms with Gasteiger partial charge in [0, 0.05) is 35.6 Å². The van der Waals surface area contributed by atoms with Gasteiger partial charge in [0.15, 0.2) is 0 Å². The lowest BCUT2D eigenvalue weighted by Gasteiger charge is -1.99. The van der Waals surface area contributed by atoms with Crippen LogP contribution in [0.25, 0.3) is 22.4 Å². The number of nitrogens with one attached hydrogen (secondary N) is 2. The van der Waals surface area contributed by atoms with E-state index in [2.05, 4.69) is 19.9 Å². The fourth-order valence-corrected chi connectivity index (χ4v) is 1.59. The summed E-state index contributed by atoms with van der Waals surface area (Å²) in [7, 11) is 0. The number of fused-ring (bicyclic) bond motifs is 1. The van der Waals surface area contributed by atoms with E-state index in [1.807, 2.05) is 6.07 Å². The van der Waals surface area contributed by atoms with Crippen molar-refractivity contribution in [1.82, 2.24) is 19.9 Å². The third-order valence-electron chi connectivity index (χ3n) is 2.34. The molecule has 0 aliphatic heterocycles. The van der Waals surface area contributed by atoms with E-state index in [0.717, 1.165) is 16.8 Å². The molecule has 3 aromatic rings. The van der Waals surface area contributed by atoms with Crippen LogP contribution >= 0.6 is 0 Å². The smallest absolute Gasteiger partial charge is 0.249 e. The highest BCUT2D eigenvalue weighted by Crippen LogP contribution is 2.17. The van der Waals surface area contributed by atoms with E-state index in [0.29, 0.717) is 5.65 Å². The molecule has 0 saturated heterocycles. The van der Waals surface area contributed by atoms with Gasteiger partial charge in [-0.3, -0.25) is 4.79 Å². The Labute approximate surface area is 90.2 Å². The van der Waals surface area contributed by atoms with Crippen LogP contribution < -0.4 is 5.56 Å². The van der Waals surface area contributed by atoms with Crippen molar-refractivity contribution in [2.45, 2.75) is 0 Å². The average Bonchev–Trinajstić information content (AvgIpc) is 2.82. The van der Waals surface area contributed by atoms with Crippen LogP contribution in [0.1, 0.15) is 0 Å². The molecule has 0 radical (unpaired) electrons. The van der Waals surface area contributed by atoms with Gasteiger partial charge in [0.05, 0.1) is 0 Å². The van der Waals surface area contributed by atoms with Gasteiger partial charge in [0.1, 0.15) is 11.5 Å². The molecule has 0 aliphatic carbocycles. The molecule has 3 heterocycles. The monoisotopic (exact) mass is 212 g/mol. The van der Waals surface area contributed by atoms with Crippen LogP contribution in [0.5, 0.6) is 0 Å². The number of aromatic amines is 2. The number of aromatic nitrogens is 4. The van der Waals surface area contributed by atoms with Gasteiger partial charge in [-0.05, 0) is 12.1 Å². The first-order valence-electron chi connectivity index (χ1n) is 4.82. The minimum Gasteiger partial charge on any atom is -0.345 e. The molecule has 2 N–H and O–H groups in total. The zero-order valence-corrected chi connectivity index (χ0v) is 8.27. The topological polar surface area (TPSA) is 74.4 Å². The normalized spacial score (nSPS) is 10.8. The van der Waals surface area contributed by atoms with Crippen LogP contribution in [0.15, 0.2) is 41.6 Å². The minimum atomic E-state index is -0.147. The van der Waals surface area contributed by atoms with Gasteiger partial charge in [0.25, 0.3) is 0 Å². The molecule has 0 aliphatic rings. The number of hydrogen-bond donors (Lipinski definition) is 2. The first kappa shape index (κ1) is 8.84. The average molecular weight is 212 g/mol. The quantitative estimate of drug-likeness (QED) is 0.638. The Morgan fingerprint density at radius 1 is 1.19 bits per heavy atom. The van der Waals surface area contributed by atoms with Crippen molar-refractivity contribution in [3.8, 4) is 11.4 Å². The van der Waals surface area contributed by atoms with Crippen molar-refractivity contribution in [1.29, 1.82) is 0 Å². The molecule has 5 heteroatoms. The summed E-state index contributed by atoms with van der Waals surface area (Å²) < 4.78 is 0. The van der Waals surface area contributed by atoms with Crippen molar-refractivity contribution < 1.29 is 0 Å². The van der Waals surface area contributed by atoms with Crippen molar-refractivity contribution in [2.75, 3.05) is 0 Å². The van der Waals surface area contributed by atoms with Crippen molar-refractivity contribution >= 4 is 11.0 Å². The second-order valence-corrected chi connectivity index (χ2v) is 3.42. The third kappa shape index (κ3) is 1.38. The highest BCUT2D eigenvalue weighted by atomic mass is 16.1. The summed E-state index contributed by atoms with van der Waals surface area (Å²) in [5, 5.41) is 0.883. The number of pyridine rings is 2. The SMILES string of the molecule is O=c1ccc2cc(-c3ncc[nH]3)cnc2[nH]1. The van der Waals surface area contributed by atoms with E-state index in [1.165, 1.54) is 6.07 Å². The zero-order chi connectivity index (χ0) is 11.0. The summed E-state index contributed by atoms with van der Waals surface area (Å²) in [6.07, 6.45) is 5.12. The van der Waals surface area contributed by atoms with E-state index in [-0.39, 0.29) is 5.56 Å². The molecule has 0 bridgehead atoms. The van der Waals surface area contributed by atoms with Crippen LogP contribution in [0.4, 0.5) is 0 Å². The molecule has 5 nitrogen and oxygen atoms in total. The summed E-state index contributed by atoms with van der Waals surface area (Å²) in [5.74, 6) is 0.764. The maximum atomic E-state index is 11.1. The van der Waals surface area contributed by atoms with Gasteiger partial charge in [-0.25, -0.2) is 9.97 Å². The highest BCUT2D eigenvalue weighted by molar-refractivity contribution is 5.78. The highest BCUT2D eigenvalue weighted by Gasteiger charge is 2.02. The Bertz CT molecular complexity index is 685. The number of imidazole rings is 1. The minimum absolute atomic E-state index is 0.147. The number of hydrogen-bond acceptors (Lipinski definition) is 3. The largest absolute Gasteiger partial charge is 0.345 e. The van der Waals surface area contributed by atoms with E-state index in [9.17, 15) is 4.79 Å². The summed E-state index contributed by atoms with van der Waals surface area (Å²) in [6, 6.07) is 5.15. The van der Waals surface area contributed by atoms with Crippen LogP contribution in [0, 0.1) is 0 Å². The molecule has 0 fully saturated rings. The lowest BCUT2D eigenvalue weighted by molar-refractivity contribution is 1.22. The summed E-state index contributed by atoms with van der Waals surface area (Å²) in [5.41, 5.74) is 1.33. The molecule has 0 spiro atoms. The molecule has 0 saturated carbocycles. The molecular formula is C11H8N4O. The van der Waals surface area contributed by atoms with Crippen LogP contribution in [-0.4, -0.2) is 19.9 Å². The standard InChI is InChI=1S/C11H8N4O/c16-9-2-1-7-5-8(6-14-11(7)15-9)10-12-3-4-13-10/h1-6H,(H,12,13)(H,14,15,16). The van der Waals surface area contributed by atoms with Crippen LogP contribution in [-0.2, 0) is 0 Å². The molecule has 3 rings (SSSR count). The third-order valence-corrected chi connectivity index (χ3v) is 2.34. The molecule has 0 aromatic carbocycles. The Balaban J connectivity index is 2.24. The predicted molar refractivity (Wildman–Crippen MR) is 59.9 cm³/mol. The maximum absolute atomic E-state index is 11.1. The number of rotatable bonds is 1. The Morgan fingerprint density at radius 3 is 2.94 bits per heavy atom. The lowest BCUT2D eigenvalue weighted by atomic mass is 10.2. The second-order valence-electron chi connectivity index (χ2n) is 3.42. The summed E-state index contributed by atoms with van der Waals surface area (Å²) >= 11 is 0. The van der Waals surface area contributed by atoms with E-state index < -0.39 is 0 Å². The van der Waals surface area contributed by atoms with Crippen molar-refractivity contribution in [3.63, 3.8) is 0 Å². The Morgan fingerprint density at radius 2 is 2.12 bits per heavy atom. The van der Waals surface area contributed by atoms with Gasteiger partial charge in [-0.2, -0.15) is 0 Å². The molecule has 0 amide bonds. The summed E-state index contributed by atoms with van der Waals surface area (Å²) in [6.45, 7) is 0. The zero-order valence-electron chi connectivity index (χ0n) is 8.27. The summed E-state index contributed by atoms with van der Waals surface area (Å²) in [4.78, 5) is 25.1. The van der Waals surface area contributed by atoms with E-state index in [1.54, 1.807) is 24.7 Å². The van der Waals surface area contributed by atoms with Crippen LogP contribution in [0.3, 0.4) is 0 Å². The van der Waals surface area contributed by atoms with Crippen molar-refractivity contribution in [2.24, 2.45) is 0 Å². The number of H-pyrrole nitrogens is 2. The lowest BCUT2D eigenvalue weighted by Crippen LogP contribution is -2.03. The molecule has 3 aromatic heterocycles. The van der Waals surface area contributed by atoms with Gasteiger partial charge in [0.2, 0.25) is 5.56 Å². The fourth-order valence-electron chi connectivity index (χ4n) is 1.59. The molecule has 78 valence electrons. The predicted octanol–water partition coefficient (Wildman–Crippen LogP) is 1.31. The van der Waals surface area contributed by atoms with Crippen molar-refractivity contribution in [3.05, 3.63) is 47.1 Å². The first-order chi connectivity index (χ1) is 7.83. The Kier molecular flexibility index (Phi) is 1.83. The second kappa shape index (κ2) is 3.30. The first-order valence-corrected chi connectivity index (χ1v) is 4.82. The Hall–Kier alpha value is -2.43. The fraction of sp³-hybridized carbons (Fsp3) is 0. The molecule has 16 heavy (non-hydrogen) atoms. The van der Waals surface area contributed by atoms with Gasteiger partial charge < -0.3 is 9.97 Å². The molecular weight excluding hydrogens is 204 g/mol. The number of nitrogens with zero attached hydrogens (tertiary/aromatic N) is 2.